The molecule has 1 heterocycles. The molecule has 0 atom stereocenters. The Morgan fingerprint density at radius 2 is 2.25 bits per heavy atom. The second kappa shape index (κ2) is 4.20. The van der Waals surface area contributed by atoms with Crippen molar-refractivity contribution in [3.05, 3.63) is 24.5 Å². The van der Waals surface area contributed by atoms with E-state index in [-0.39, 0.29) is 18.0 Å². The third kappa shape index (κ3) is 1.92. The summed E-state index contributed by atoms with van der Waals surface area (Å²) in [6.07, 6.45) is 1.44. The zero-order valence-electron chi connectivity index (χ0n) is 8.34. The highest BCUT2D eigenvalue weighted by Crippen LogP contribution is 2.18. The van der Waals surface area contributed by atoms with Crippen molar-refractivity contribution in [2.45, 2.75) is 4.90 Å². The molecule has 0 saturated heterocycles. The van der Waals surface area contributed by atoms with Gasteiger partial charge in [0.25, 0.3) is 0 Å². The number of H-pyrrole nitrogens is 1. The molecule has 0 spiro atoms. The van der Waals surface area contributed by atoms with Crippen LogP contribution in [0.4, 0.5) is 0 Å². The van der Waals surface area contributed by atoms with Crippen LogP contribution in [0.5, 0.6) is 0 Å². The summed E-state index contributed by atoms with van der Waals surface area (Å²) in [7, 11) is -3.61. The summed E-state index contributed by atoms with van der Waals surface area (Å²) in [6, 6.07) is 4.85. The van der Waals surface area contributed by atoms with Crippen LogP contribution in [0, 0.1) is 0 Å². The molecule has 0 bridgehead atoms. The summed E-state index contributed by atoms with van der Waals surface area (Å²) in [4.78, 5) is 6.90. The van der Waals surface area contributed by atoms with Crippen molar-refractivity contribution in [2.75, 3.05) is 13.2 Å². The maximum atomic E-state index is 11.8. The van der Waals surface area contributed by atoms with Gasteiger partial charge in [-0.3, -0.25) is 0 Å². The van der Waals surface area contributed by atoms with Crippen molar-refractivity contribution in [1.29, 1.82) is 0 Å². The minimum atomic E-state index is -3.61. The number of nitrogens with zero attached hydrogens (tertiary/aromatic N) is 1. The summed E-state index contributed by atoms with van der Waals surface area (Å²) in [5.74, 6) is 0. The SMILES string of the molecule is O=S(=O)(NCCO)c1cccc2[nH]cnc12. The lowest BCUT2D eigenvalue weighted by atomic mass is 10.3. The predicted molar refractivity (Wildman–Crippen MR) is 58.4 cm³/mol. The van der Waals surface area contributed by atoms with Gasteiger partial charge in [-0.05, 0) is 12.1 Å². The number of fused-ring (bicyclic) bond motifs is 1. The first-order valence-corrected chi connectivity index (χ1v) is 6.16. The lowest BCUT2D eigenvalue weighted by Gasteiger charge is -2.05. The van der Waals surface area contributed by atoms with Crippen LogP contribution in [-0.2, 0) is 10.0 Å². The topological polar surface area (TPSA) is 95.1 Å². The number of aliphatic hydroxyl groups excluding tert-OH is 1. The molecule has 6 nitrogen and oxygen atoms in total. The van der Waals surface area contributed by atoms with Crippen LogP contribution in [0.15, 0.2) is 29.4 Å². The van der Waals surface area contributed by atoms with Crippen LogP contribution in [0.1, 0.15) is 0 Å². The molecular formula is C9H11N3O3S. The van der Waals surface area contributed by atoms with Crippen LogP contribution in [0.25, 0.3) is 11.0 Å². The summed E-state index contributed by atoms with van der Waals surface area (Å²) < 4.78 is 25.9. The standard InChI is InChI=1S/C9H11N3O3S/c13-5-4-12-16(14,15)8-3-1-2-7-9(8)11-6-10-7/h1-3,6,12-13H,4-5H2,(H,10,11). The van der Waals surface area contributed by atoms with Gasteiger partial charge in [-0.1, -0.05) is 6.07 Å². The third-order valence-electron chi connectivity index (χ3n) is 2.11. The second-order valence-electron chi connectivity index (χ2n) is 3.18. The summed E-state index contributed by atoms with van der Waals surface area (Å²) in [5, 5.41) is 8.60. The Hall–Kier alpha value is -1.44. The van der Waals surface area contributed by atoms with Crippen LogP contribution < -0.4 is 4.72 Å². The quantitative estimate of drug-likeness (QED) is 0.692. The average Bonchev–Trinajstić information content (AvgIpc) is 2.73. The Kier molecular flexibility index (Phi) is 2.90. The van der Waals surface area contributed by atoms with Crippen molar-refractivity contribution >= 4 is 21.1 Å². The van der Waals surface area contributed by atoms with Crippen LogP contribution >= 0.6 is 0 Å². The fourth-order valence-electron chi connectivity index (χ4n) is 1.41. The Labute approximate surface area is 92.4 Å². The fraction of sp³-hybridized carbons (Fsp3) is 0.222. The molecule has 0 saturated carbocycles. The average molecular weight is 241 g/mol. The number of rotatable bonds is 4. The highest BCUT2D eigenvalue weighted by Gasteiger charge is 2.17. The van der Waals surface area contributed by atoms with Crippen molar-refractivity contribution in [1.82, 2.24) is 14.7 Å². The van der Waals surface area contributed by atoms with Crippen molar-refractivity contribution in [3.8, 4) is 0 Å². The van der Waals surface area contributed by atoms with Crippen LogP contribution in [0.3, 0.4) is 0 Å². The first kappa shape index (κ1) is 11.1. The molecule has 1 aromatic carbocycles. The number of hydrogen-bond acceptors (Lipinski definition) is 4. The van der Waals surface area contributed by atoms with E-state index < -0.39 is 10.0 Å². The zero-order valence-corrected chi connectivity index (χ0v) is 9.16. The highest BCUT2D eigenvalue weighted by atomic mass is 32.2. The van der Waals surface area contributed by atoms with Gasteiger partial charge in [0.15, 0.2) is 0 Å². The minimum absolute atomic E-state index is 0.0108. The normalized spacial score (nSPS) is 12.1. The van der Waals surface area contributed by atoms with E-state index in [1.807, 2.05) is 0 Å². The van der Waals surface area contributed by atoms with E-state index in [9.17, 15) is 8.42 Å². The zero-order chi connectivity index (χ0) is 11.6. The molecule has 3 N–H and O–H groups in total. The molecule has 2 rings (SSSR count). The van der Waals surface area contributed by atoms with Gasteiger partial charge in [-0.2, -0.15) is 0 Å². The fourth-order valence-corrected chi connectivity index (χ4v) is 2.60. The number of aliphatic hydroxyl groups is 1. The smallest absolute Gasteiger partial charge is 0.242 e. The van der Waals surface area contributed by atoms with Gasteiger partial charge in [0, 0.05) is 6.54 Å². The van der Waals surface area contributed by atoms with E-state index in [4.69, 9.17) is 5.11 Å². The molecule has 0 amide bonds. The van der Waals surface area contributed by atoms with Gasteiger partial charge in [0.2, 0.25) is 10.0 Å². The van der Waals surface area contributed by atoms with E-state index in [1.54, 1.807) is 12.1 Å². The minimum Gasteiger partial charge on any atom is -0.395 e. The molecule has 2 aromatic rings. The first-order valence-electron chi connectivity index (χ1n) is 4.68. The molecule has 0 radical (unpaired) electrons. The van der Waals surface area contributed by atoms with E-state index in [0.717, 1.165) is 0 Å². The molecule has 86 valence electrons. The first-order chi connectivity index (χ1) is 7.65. The number of imidazole rings is 1. The van der Waals surface area contributed by atoms with E-state index in [2.05, 4.69) is 14.7 Å². The van der Waals surface area contributed by atoms with E-state index in [1.165, 1.54) is 12.4 Å². The molecule has 16 heavy (non-hydrogen) atoms. The third-order valence-corrected chi connectivity index (χ3v) is 3.60. The summed E-state index contributed by atoms with van der Waals surface area (Å²) >= 11 is 0. The van der Waals surface area contributed by atoms with Gasteiger partial charge in [0.05, 0.1) is 18.5 Å². The molecule has 0 unspecified atom stereocenters. The lowest BCUT2D eigenvalue weighted by Crippen LogP contribution is -2.26. The number of sulfonamides is 1. The Balaban J connectivity index is 2.50. The van der Waals surface area contributed by atoms with Gasteiger partial charge in [0.1, 0.15) is 10.4 Å². The number of benzene rings is 1. The van der Waals surface area contributed by atoms with Crippen molar-refractivity contribution in [3.63, 3.8) is 0 Å². The molecule has 7 heteroatoms. The molecule has 0 aliphatic rings. The predicted octanol–water partition coefficient (Wildman–Crippen LogP) is -0.167. The number of nitrogens with one attached hydrogen (secondary N) is 2. The molecular weight excluding hydrogens is 230 g/mol. The van der Waals surface area contributed by atoms with Gasteiger partial charge < -0.3 is 10.1 Å². The van der Waals surface area contributed by atoms with Gasteiger partial charge in [-0.15, -0.1) is 0 Å². The van der Waals surface area contributed by atoms with E-state index in [0.29, 0.717) is 11.0 Å². The lowest BCUT2D eigenvalue weighted by molar-refractivity contribution is 0.301. The van der Waals surface area contributed by atoms with Gasteiger partial charge in [-0.25, -0.2) is 18.1 Å². The Morgan fingerprint density at radius 3 is 3.00 bits per heavy atom. The molecule has 1 aromatic heterocycles. The summed E-state index contributed by atoms with van der Waals surface area (Å²) in [6.45, 7) is -0.251. The number of hydrogen-bond donors (Lipinski definition) is 3. The number of aromatic nitrogens is 2. The Bertz CT molecular complexity index is 591. The number of aromatic amines is 1. The maximum absolute atomic E-state index is 11.8. The van der Waals surface area contributed by atoms with Crippen LogP contribution in [0.2, 0.25) is 0 Å². The van der Waals surface area contributed by atoms with Crippen molar-refractivity contribution < 1.29 is 13.5 Å². The monoisotopic (exact) mass is 241 g/mol. The van der Waals surface area contributed by atoms with Gasteiger partial charge >= 0.3 is 0 Å². The van der Waals surface area contributed by atoms with Crippen molar-refractivity contribution in [2.24, 2.45) is 0 Å². The van der Waals surface area contributed by atoms with Crippen LogP contribution in [-0.4, -0.2) is 36.6 Å². The van der Waals surface area contributed by atoms with E-state index >= 15 is 0 Å². The maximum Gasteiger partial charge on any atom is 0.242 e. The molecule has 0 aliphatic heterocycles. The summed E-state index contributed by atoms with van der Waals surface area (Å²) in [5.41, 5.74) is 1.06. The Morgan fingerprint density at radius 1 is 1.44 bits per heavy atom. The second-order valence-corrected chi connectivity index (χ2v) is 4.91. The molecule has 0 aliphatic carbocycles. The number of para-hydroxylation sites is 1. The highest BCUT2D eigenvalue weighted by molar-refractivity contribution is 7.89. The largest absolute Gasteiger partial charge is 0.395 e. The molecule has 0 fully saturated rings.